The molecule has 0 radical (unpaired) electrons. The van der Waals surface area contributed by atoms with Gasteiger partial charge in [-0.3, -0.25) is 9.78 Å². The minimum atomic E-state index is -0.00354. The standard InChI is InChI=1S/C20H23N3O/c21-17-9-8-14-11-16(7-6-15(14)12-17)20(24)23-18-5-1-3-13-4-2-10-22-19(13)18/h2,4,6-7,10-11,17-18H,1,3,5,8-9,12,21H2,(H,23,24)/t17?,18-/m0/s1. The van der Waals surface area contributed by atoms with Crippen LogP contribution in [0.2, 0.25) is 0 Å². The molecule has 0 aliphatic heterocycles. The zero-order valence-corrected chi connectivity index (χ0v) is 13.8. The molecular weight excluding hydrogens is 298 g/mol. The molecule has 1 amide bonds. The van der Waals surface area contributed by atoms with Gasteiger partial charge in [0.2, 0.25) is 0 Å². The summed E-state index contributed by atoms with van der Waals surface area (Å²) in [7, 11) is 0. The minimum Gasteiger partial charge on any atom is -0.344 e. The molecule has 0 saturated heterocycles. The second-order valence-electron chi connectivity index (χ2n) is 6.95. The average Bonchev–Trinajstić information content (AvgIpc) is 2.61. The maximum Gasteiger partial charge on any atom is 0.251 e. The number of aromatic nitrogens is 1. The van der Waals surface area contributed by atoms with Gasteiger partial charge in [-0.2, -0.15) is 0 Å². The largest absolute Gasteiger partial charge is 0.344 e. The first-order chi connectivity index (χ1) is 11.7. The summed E-state index contributed by atoms with van der Waals surface area (Å²) in [4.78, 5) is 17.2. The molecule has 0 saturated carbocycles. The van der Waals surface area contributed by atoms with Crippen LogP contribution in [0, 0.1) is 0 Å². The number of benzene rings is 1. The van der Waals surface area contributed by atoms with Gasteiger partial charge in [0.1, 0.15) is 0 Å². The van der Waals surface area contributed by atoms with E-state index in [2.05, 4.69) is 22.4 Å². The normalized spacial score (nSPS) is 22.4. The highest BCUT2D eigenvalue weighted by molar-refractivity contribution is 5.94. The molecule has 1 unspecified atom stereocenters. The Morgan fingerprint density at radius 2 is 2.04 bits per heavy atom. The Morgan fingerprint density at radius 3 is 2.96 bits per heavy atom. The van der Waals surface area contributed by atoms with Crippen LogP contribution in [0.3, 0.4) is 0 Å². The Bertz CT molecular complexity index is 771. The third-order valence-corrected chi connectivity index (χ3v) is 5.24. The SMILES string of the molecule is NC1CCc2cc(C(=O)N[C@H]3CCCc4cccnc43)ccc2C1. The van der Waals surface area contributed by atoms with E-state index in [1.165, 1.54) is 16.7 Å². The van der Waals surface area contributed by atoms with Crippen LogP contribution in [0.25, 0.3) is 0 Å². The molecule has 2 aromatic rings. The smallest absolute Gasteiger partial charge is 0.251 e. The summed E-state index contributed by atoms with van der Waals surface area (Å²) < 4.78 is 0. The van der Waals surface area contributed by atoms with Gasteiger partial charge in [-0.1, -0.05) is 12.1 Å². The van der Waals surface area contributed by atoms with Crippen LogP contribution in [-0.2, 0) is 19.3 Å². The molecular formula is C20H23N3O. The van der Waals surface area contributed by atoms with Crippen LogP contribution in [-0.4, -0.2) is 16.9 Å². The van der Waals surface area contributed by atoms with E-state index in [-0.39, 0.29) is 18.0 Å². The number of nitrogens with two attached hydrogens (primary N) is 1. The third kappa shape index (κ3) is 2.94. The maximum atomic E-state index is 12.7. The lowest BCUT2D eigenvalue weighted by atomic mass is 9.87. The van der Waals surface area contributed by atoms with E-state index in [1.807, 2.05) is 24.4 Å². The summed E-state index contributed by atoms with van der Waals surface area (Å²) in [6, 6.07) is 10.4. The molecule has 0 bridgehead atoms. The van der Waals surface area contributed by atoms with Gasteiger partial charge in [0.15, 0.2) is 0 Å². The molecule has 0 fully saturated rings. The number of hydrogen-bond donors (Lipinski definition) is 2. The Labute approximate surface area is 142 Å². The minimum absolute atomic E-state index is 0.00354. The van der Waals surface area contributed by atoms with E-state index in [1.54, 1.807) is 0 Å². The van der Waals surface area contributed by atoms with Gasteiger partial charge < -0.3 is 11.1 Å². The average molecular weight is 321 g/mol. The number of rotatable bonds is 2. The lowest BCUT2D eigenvalue weighted by Gasteiger charge is -2.26. The predicted molar refractivity (Wildman–Crippen MR) is 93.8 cm³/mol. The summed E-state index contributed by atoms with van der Waals surface area (Å²) >= 11 is 0. The molecule has 1 heterocycles. The molecule has 4 heteroatoms. The maximum absolute atomic E-state index is 12.7. The fourth-order valence-corrected chi connectivity index (χ4v) is 3.92. The van der Waals surface area contributed by atoms with Gasteiger partial charge in [0.25, 0.3) is 5.91 Å². The number of carbonyl (C=O) groups excluding carboxylic acids is 1. The van der Waals surface area contributed by atoms with Crippen LogP contribution in [0.15, 0.2) is 36.5 Å². The second kappa shape index (κ2) is 6.36. The number of amides is 1. The summed E-state index contributed by atoms with van der Waals surface area (Å²) in [5.74, 6) is -0.00354. The summed E-state index contributed by atoms with van der Waals surface area (Å²) in [5.41, 5.74) is 11.6. The van der Waals surface area contributed by atoms with Crippen molar-refractivity contribution in [2.45, 2.75) is 50.6 Å². The van der Waals surface area contributed by atoms with Crippen LogP contribution in [0.5, 0.6) is 0 Å². The number of fused-ring (bicyclic) bond motifs is 2. The van der Waals surface area contributed by atoms with E-state index >= 15 is 0 Å². The van der Waals surface area contributed by atoms with Crippen LogP contribution >= 0.6 is 0 Å². The van der Waals surface area contributed by atoms with Crippen LogP contribution < -0.4 is 11.1 Å². The van der Waals surface area contributed by atoms with Gasteiger partial charge in [-0.25, -0.2) is 0 Å². The summed E-state index contributed by atoms with van der Waals surface area (Å²) in [6.07, 6.45) is 7.78. The van der Waals surface area contributed by atoms with Gasteiger partial charge in [-0.15, -0.1) is 0 Å². The molecule has 2 aliphatic rings. The molecule has 24 heavy (non-hydrogen) atoms. The van der Waals surface area contributed by atoms with Gasteiger partial charge in [0, 0.05) is 17.8 Å². The van der Waals surface area contributed by atoms with Crippen molar-refractivity contribution < 1.29 is 4.79 Å². The first-order valence-electron chi connectivity index (χ1n) is 8.83. The summed E-state index contributed by atoms with van der Waals surface area (Å²) in [5, 5.41) is 3.18. The third-order valence-electron chi connectivity index (χ3n) is 5.24. The van der Waals surface area contributed by atoms with E-state index in [9.17, 15) is 4.79 Å². The van der Waals surface area contributed by atoms with Crippen molar-refractivity contribution >= 4 is 5.91 Å². The number of carbonyl (C=O) groups is 1. The Kier molecular flexibility index (Phi) is 4.07. The van der Waals surface area contributed by atoms with Gasteiger partial charge >= 0.3 is 0 Å². The van der Waals surface area contributed by atoms with Crippen molar-refractivity contribution in [3.8, 4) is 0 Å². The fourth-order valence-electron chi connectivity index (χ4n) is 3.92. The zero-order valence-electron chi connectivity index (χ0n) is 13.8. The fraction of sp³-hybridized carbons (Fsp3) is 0.400. The number of nitrogens with one attached hydrogen (secondary N) is 1. The molecule has 4 rings (SSSR count). The van der Waals surface area contributed by atoms with E-state index in [4.69, 9.17) is 5.73 Å². The van der Waals surface area contributed by atoms with Crippen LogP contribution in [0.1, 0.15) is 58.0 Å². The predicted octanol–water partition coefficient (Wildman–Crippen LogP) is 2.71. The van der Waals surface area contributed by atoms with Crippen molar-refractivity contribution in [3.63, 3.8) is 0 Å². The molecule has 2 atom stereocenters. The monoisotopic (exact) mass is 321 g/mol. The van der Waals surface area contributed by atoms with E-state index in [0.29, 0.717) is 0 Å². The molecule has 1 aromatic heterocycles. The number of hydrogen-bond acceptors (Lipinski definition) is 3. The van der Waals surface area contributed by atoms with Crippen molar-refractivity contribution in [1.82, 2.24) is 10.3 Å². The Balaban J connectivity index is 1.53. The first-order valence-corrected chi connectivity index (χ1v) is 8.83. The molecule has 3 N–H and O–H groups in total. The highest BCUT2D eigenvalue weighted by Gasteiger charge is 2.24. The quantitative estimate of drug-likeness (QED) is 0.893. The Morgan fingerprint density at radius 1 is 1.12 bits per heavy atom. The molecule has 4 nitrogen and oxygen atoms in total. The lowest BCUT2D eigenvalue weighted by Crippen LogP contribution is -2.32. The summed E-state index contributed by atoms with van der Waals surface area (Å²) in [6.45, 7) is 0. The van der Waals surface area contributed by atoms with Gasteiger partial charge in [-0.05, 0) is 73.4 Å². The number of aryl methyl sites for hydroxylation is 2. The topological polar surface area (TPSA) is 68.0 Å². The van der Waals surface area contributed by atoms with Crippen molar-refractivity contribution in [1.29, 1.82) is 0 Å². The van der Waals surface area contributed by atoms with Gasteiger partial charge in [0.05, 0.1) is 11.7 Å². The number of nitrogens with zero attached hydrogens (tertiary/aromatic N) is 1. The highest BCUT2D eigenvalue weighted by Crippen LogP contribution is 2.28. The van der Waals surface area contributed by atoms with E-state index < -0.39 is 0 Å². The molecule has 2 aliphatic carbocycles. The molecule has 124 valence electrons. The zero-order chi connectivity index (χ0) is 16.5. The van der Waals surface area contributed by atoms with Crippen molar-refractivity contribution in [3.05, 3.63) is 64.5 Å². The first kappa shape index (κ1) is 15.3. The van der Waals surface area contributed by atoms with Crippen molar-refractivity contribution in [2.24, 2.45) is 5.73 Å². The molecule has 0 spiro atoms. The Hall–Kier alpha value is -2.20. The van der Waals surface area contributed by atoms with Crippen LogP contribution in [0.4, 0.5) is 0 Å². The number of pyridine rings is 1. The second-order valence-corrected chi connectivity index (χ2v) is 6.95. The lowest BCUT2D eigenvalue weighted by molar-refractivity contribution is 0.0931. The molecule has 1 aromatic carbocycles. The van der Waals surface area contributed by atoms with Crippen molar-refractivity contribution in [2.75, 3.05) is 0 Å². The van der Waals surface area contributed by atoms with E-state index in [0.717, 1.165) is 49.8 Å². The highest BCUT2D eigenvalue weighted by atomic mass is 16.1.